The van der Waals surface area contributed by atoms with Crippen molar-refractivity contribution in [3.8, 4) is 5.88 Å². The molecule has 132 valence electrons. The lowest BCUT2D eigenvalue weighted by atomic mass is 10.2. The summed E-state index contributed by atoms with van der Waals surface area (Å²) in [6.45, 7) is 2.34. The summed E-state index contributed by atoms with van der Waals surface area (Å²) in [5.74, 6) is -0.975. The van der Waals surface area contributed by atoms with Gasteiger partial charge in [0, 0.05) is 19.2 Å². The number of hydrogen-bond donors (Lipinski definition) is 2. The first-order valence-corrected chi connectivity index (χ1v) is 8.00. The summed E-state index contributed by atoms with van der Waals surface area (Å²) in [7, 11) is 0. The minimum absolute atomic E-state index is 0.0127. The van der Waals surface area contributed by atoms with Crippen LogP contribution < -0.4 is 15.4 Å². The highest BCUT2D eigenvalue weighted by Crippen LogP contribution is 2.20. The number of amides is 2. The third-order valence-electron chi connectivity index (χ3n) is 3.14. The van der Waals surface area contributed by atoms with Gasteiger partial charge in [0.2, 0.25) is 11.8 Å². The SMILES string of the molecule is CCOc1ncccc1NC(=O)CCNC(=O)c1ccc(F)cc1Cl. The van der Waals surface area contributed by atoms with Crippen molar-refractivity contribution >= 4 is 29.1 Å². The van der Waals surface area contributed by atoms with Crippen molar-refractivity contribution in [2.45, 2.75) is 13.3 Å². The van der Waals surface area contributed by atoms with Gasteiger partial charge in [-0.25, -0.2) is 9.37 Å². The molecule has 25 heavy (non-hydrogen) atoms. The molecule has 0 spiro atoms. The van der Waals surface area contributed by atoms with E-state index in [1.165, 1.54) is 6.07 Å². The third kappa shape index (κ3) is 5.42. The highest BCUT2D eigenvalue weighted by molar-refractivity contribution is 6.33. The van der Waals surface area contributed by atoms with E-state index in [9.17, 15) is 14.0 Å². The lowest BCUT2D eigenvalue weighted by molar-refractivity contribution is -0.116. The van der Waals surface area contributed by atoms with Crippen molar-refractivity contribution in [1.29, 1.82) is 0 Å². The summed E-state index contributed by atoms with van der Waals surface area (Å²) < 4.78 is 18.3. The maximum atomic E-state index is 13.0. The Hall–Kier alpha value is -2.67. The second kappa shape index (κ2) is 8.98. The number of halogens is 2. The van der Waals surface area contributed by atoms with E-state index in [0.29, 0.717) is 18.2 Å². The number of carbonyl (C=O) groups is 2. The van der Waals surface area contributed by atoms with Gasteiger partial charge in [-0.3, -0.25) is 9.59 Å². The first kappa shape index (κ1) is 18.7. The number of hydrogen-bond acceptors (Lipinski definition) is 4. The van der Waals surface area contributed by atoms with Gasteiger partial charge in [0.05, 0.1) is 17.2 Å². The number of anilines is 1. The van der Waals surface area contributed by atoms with Gasteiger partial charge in [0.15, 0.2) is 0 Å². The van der Waals surface area contributed by atoms with Gasteiger partial charge in [-0.1, -0.05) is 11.6 Å². The van der Waals surface area contributed by atoms with E-state index in [2.05, 4.69) is 15.6 Å². The van der Waals surface area contributed by atoms with E-state index in [4.69, 9.17) is 16.3 Å². The molecule has 1 heterocycles. The number of aromatic nitrogens is 1. The monoisotopic (exact) mass is 365 g/mol. The Bertz CT molecular complexity index is 771. The van der Waals surface area contributed by atoms with Crippen LogP contribution in [-0.4, -0.2) is 29.9 Å². The smallest absolute Gasteiger partial charge is 0.252 e. The van der Waals surface area contributed by atoms with Crippen molar-refractivity contribution in [2.75, 3.05) is 18.5 Å². The standard InChI is InChI=1S/C17H17ClFN3O3/c1-2-25-17-14(4-3-8-21-17)22-15(23)7-9-20-16(24)12-6-5-11(19)10-13(12)18/h3-6,8,10H,2,7,9H2,1H3,(H,20,24)(H,22,23). The molecule has 0 aliphatic rings. The Balaban J connectivity index is 1.85. The average Bonchev–Trinajstić information content (AvgIpc) is 2.56. The molecule has 2 amide bonds. The summed E-state index contributed by atoms with van der Waals surface area (Å²) in [5.41, 5.74) is 0.608. The van der Waals surface area contributed by atoms with E-state index in [1.807, 2.05) is 6.92 Å². The molecular weight excluding hydrogens is 349 g/mol. The molecule has 0 radical (unpaired) electrons. The summed E-state index contributed by atoms with van der Waals surface area (Å²) in [6, 6.07) is 6.84. The van der Waals surface area contributed by atoms with Gasteiger partial charge in [-0.2, -0.15) is 0 Å². The summed E-state index contributed by atoms with van der Waals surface area (Å²) >= 11 is 5.82. The molecule has 0 aliphatic carbocycles. The molecule has 2 N–H and O–H groups in total. The Morgan fingerprint density at radius 3 is 2.84 bits per heavy atom. The topological polar surface area (TPSA) is 80.3 Å². The van der Waals surface area contributed by atoms with Crippen LogP contribution >= 0.6 is 11.6 Å². The van der Waals surface area contributed by atoms with Crippen LogP contribution in [0.15, 0.2) is 36.5 Å². The van der Waals surface area contributed by atoms with Gasteiger partial charge >= 0.3 is 0 Å². The second-order valence-electron chi connectivity index (χ2n) is 4.97. The lowest BCUT2D eigenvalue weighted by Gasteiger charge is -2.10. The van der Waals surface area contributed by atoms with Crippen LogP contribution in [0.5, 0.6) is 5.88 Å². The third-order valence-corrected chi connectivity index (χ3v) is 3.45. The highest BCUT2D eigenvalue weighted by Gasteiger charge is 2.12. The molecule has 8 heteroatoms. The number of rotatable bonds is 7. The number of carbonyl (C=O) groups excluding carboxylic acids is 2. The largest absolute Gasteiger partial charge is 0.476 e. The molecule has 6 nitrogen and oxygen atoms in total. The minimum atomic E-state index is -0.525. The molecule has 0 saturated carbocycles. The van der Waals surface area contributed by atoms with E-state index in [-0.39, 0.29) is 29.5 Å². The molecular formula is C17H17ClFN3O3. The van der Waals surface area contributed by atoms with Crippen molar-refractivity contribution in [2.24, 2.45) is 0 Å². The molecule has 0 atom stereocenters. The van der Waals surface area contributed by atoms with E-state index >= 15 is 0 Å². The molecule has 0 fully saturated rings. The maximum absolute atomic E-state index is 13.0. The van der Waals surface area contributed by atoms with Crippen LogP contribution in [0.2, 0.25) is 5.02 Å². The predicted molar refractivity (Wildman–Crippen MR) is 92.4 cm³/mol. The Morgan fingerprint density at radius 1 is 1.32 bits per heavy atom. The molecule has 0 aliphatic heterocycles. The van der Waals surface area contributed by atoms with Crippen LogP contribution in [0.25, 0.3) is 0 Å². The molecule has 0 unspecified atom stereocenters. The first-order chi connectivity index (χ1) is 12.0. The van der Waals surface area contributed by atoms with Crippen LogP contribution in [0, 0.1) is 5.82 Å². The normalized spacial score (nSPS) is 10.2. The maximum Gasteiger partial charge on any atom is 0.252 e. The van der Waals surface area contributed by atoms with Crippen LogP contribution in [-0.2, 0) is 4.79 Å². The van der Waals surface area contributed by atoms with Gasteiger partial charge < -0.3 is 15.4 Å². The fourth-order valence-corrected chi connectivity index (χ4v) is 2.26. The molecule has 1 aromatic heterocycles. The zero-order valence-corrected chi connectivity index (χ0v) is 14.3. The Labute approximate surface area is 149 Å². The van der Waals surface area contributed by atoms with Gasteiger partial charge in [-0.05, 0) is 37.3 Å². The average molecular weight is 366 g/mol. The van der Waals surface area contributed by atoms with Crippen molar-refractivity contribution in [3.05, 3.63) is 52.9 Å². The van der Waals surface area contributed by atoms with Crippen LogP contribution in [0.3, 0.4) is 0 Å². The van der Waals surface area contributed by atoms with Crippen LogP contribution in [0.1, 0.15) is 23.7 Å². The fraction of sp³-hybridized carbons (Fsp3) is 0.235. The summed E-state index contributed by atoms with van der Waals surface area (Å²) in [6.07, 6.45) is 1.61. The van der Waals surface area contributed by atoms with Gasteiger partial charge in [-0.15, -0.1) is 0 Å². The Kier molecular flexibility index (Phi) is 6.71. The van der Waals surface area contributed by atoms with E-state index in [1.54, 1.807) is 18.3 Å². The molecule has 2 aromatic rings. The lowest BCUT2D eigenvalue weighted by Crippen LogP contribution is -2.28. The number of pyridine rings is 1. The number of benzene rings is 1. The first-order valence-electron chi connectivity index (χ1n) is 7.62. The second-order valence-corrected chi connectivity index (χ2v) is 5.37. The molecule has 0 bridgehead atoms. The Morgan fingerprint density at radius 2 is 2.12 bits per heavy atom. The zero-order chi connectivity index (χ0) is 18.2. The molecule has 0 saturated heterocycles. The van der Waals surface area contributed by atoms with Crippen molar-refractivity contribution in [3.63, 3.8) is 0 Å². The van der Waals surface area contributed by atoms with Crippen LogP contribution in [0.4, 0.5) is 10.1 Å². The van der Waals surface area contributed by atoms with E-state index in [0.717, 1.165) is 12.1 Å². The zero-order valence-electron chi connectivity index (χ0n) is 13.5. The van der Waals surface area contributed by atoms with Gasteiger partial charge in [0.1, 0.15) is 11.5 Å². The minimum Gasteiger partial charge on any atom is -0.476 e. The fourth-order valence-electron chi connectivity index (χ4n) is 2.01. The number of ether oxygens (including phenoxy) is 1. The summed E-state index contributed by atoms with van der Waals surface area (Å²) in [5, 5.41) is 5.25. The predicted octanol–water partition coefficient (Wildman–Crippen LogP) is 3.03. The van der Waals surface area contributed by atoms with E-state index < -0.39 is 11.7 Å². The van der Waals surface area contributed by atoms with Crippen molar-refractivity contribution < 1.29 is 18.7 Å². The quantitative estimate of drug-likeness (QED) is 0.790. The molecule has 2 rings (SSSR count). The number of nitrogens with one attached hydrogen (secondary N) is 2. The van der Waals surface area contributed by atoms with Crippen molar-refractivity contribution in [1.82, 2.24) is 10.3 Å². The highest BCUT2D eigenvalue weighted by atomic mass is 35.5. The number of nitrogens with zero attached hydrogens (tertiary/aromatic N) is 1. The van der Waals surface area contributed by atoms with Gasteiger partial charge in [0.25, 0.3) is 5.91 Å². The molecule has 1 aromatic carbocycles. The summed E-state index contributed by atoms with van der Waals surface area (Å²) in [4.78, 5) is 28.0.